The molecule has 0 aliphatic carbocycles. The van der Waals surface area contributed by atoms with Crippen molar-refractivity contribution in [3.05, 3.63) is 29.8 Å². The second-order valence-corrected chi connectivity index (χ2v) is 5.64. The van der Waals surface area contributed by atoms with Gasteiger partial charge in [0.1, 0.15) is 0 Å². The highest BCUT2D eigenvalue weighted by molar-refractivity contribution is 5.95. The van der Waals surface area contributed by atoms with Crippen LogP contribution in [0.4, 0.5) is 5.69 Å². The van der Waals surface area contributed by atoms with E-state index < -0.39 is 0 Å². The number of nitrogens with one attached hydrogen (secondary N) is 2. The van der Waals surface area contributed by atoms with Crippen LogP contribution in [0.2, 0.25) is 0 Å². The quantitative estimate of drug-likeness (QED) is 0.689. The Hall–Kier alpha value is -1.88. The molecule has 0 aliphatic rings. The van der Waals surface area contributed by atoms with Gasteiger partial charge >= 0.3 is 0 Å². The van der Waals surface area contributed by atoms with Gasteiger partial charge in [-0.05, 0) is 57.7 Å². The largest absolute Gasteiger partial charge is 0.352 e. The van der Waals surface area contributed by atoms with E-state index in [1.807, 2.05) is 14.1 Å². The smallest absolute Gasteiger partial charge is 0.251 e. The lowest BCUT2D eigenvalue weighted by Gasteiger charge is -2.10. The number of hydrogen-bond donors (Lipinski definition) is 2. The van der Waals surface area contributed by atoms with Gasteiger partial charge in [0.25, 0.3) is 5.91 Å². The standard InChI is InChI=1S/C17H27N3O2/c1-4-5-7-16(21)19-15-10-8-14(9-11-15)17(22)18-12-6-13-20(2)3/h8-11H,4-7,12-13H2,1-3H3,(H,18,22)(H,19,21). The van der Waals surface area contributed by atoms with Gasteiger partial charge in [-0.2, -0.15) is 0 Å². The van der Waals surface area contributed by atoms with Crippen LogP contribution in [0, 0.1) is 0 Å². The van der Waals surface area contributed by atoms with Crippen LogP contribution < -0.4 is 10.6 Å². The molecule has 0 aromatic heterocycles. The van der Waals surface area contributed by atoms with Gasteiger partial charge in [-0.1, -0.05) is 13.3 Å². The molecule has 0 fully saturated rings. The molecule has 0 radical (unpaired) electrons. The first-order chi connectivity index (χ1) is 10.5. The monoisotopic (exact) mass is 305 g/mol. The summed E-state index contributed by atoms with van der Waals surface area (Å²) in [5, 5.41) is 5.72. The third-order valence-electron chi connectivity index (χ3n) is 3.26. The fourth-order valence-corrected chi connectivity index (χ4v) is 1.97. The van der Waals surface area contributed by atoms with Crippen molar-refractivity contribution in [3.8, 4) is 0 Å². The average Bonchev–Trinajstić information content (AvgIpc) is 2.50. The molecule has 2 amide bonds. The average molecular weight is 305 g/mol. The predicted molar refractivity (Wildman–Crippen MR) is 90.1 cm³/mol. The van der Waals surface area contributed by atoms with Gasteiger partial charge in [0.15, 0.2) is 0 Å². The maximum absolute atomic E-state index is 12.0. The van der Waals surface area contributed by atoms with Crippen LogP contribution in [0.15, 0.2) is 24.3 Å². The number of amides is 2. The summed E-state index contributed by atoms with van der Waals surface area (Å²) in [6.07, 6.45) is 3.34. The summed E-state index contributed by atoms with van der Waals surface area (Å²) >= 11 is 0. The zero-order chi connectivity index (χ0) is 16.4. The maximum Gasteiger partial charge on any atom is 0.251 e. The fraction of sp³-hybridized carbons (Fsp3) is 0.529. The van der Waals surface area contributed by atoms with Crippen molar-refractivity contribution in [1.82, 2.24) is 10.2 Å². The highest BCUT2D eigenvalue weighted by Crippen LogP contribution is 2.10. The Labute approximate surface area is 133 Å². The Morgan fingerprint density at radius 3 is 2.36 bits per heavy atom. The van der Waals surface area contributed by atoms with Gasteiger partial charge in [-0.3, -0.25) is 9.59 Å². The molecule has 0 aliphatic heterocycles. The molecule has 122 valence electrons. The van der Waals surface area contributed by atoms with Gasteiger partial charge < -0.3 is 15.5 Å². The minimum atomic E-state index is -0.0809. The molecule has 0 heterocycles. The Bertz CT molecular complexity index is 469. The summed E-state index contributed by atoms with van der Waals surface area (Å²) in [5.41, 5.74) is 1.33. The van der Waals surface area contributed by atoms with E-state index in [1.165, 1.54) is 0 Å². The Balaban J connectivity index is 2.40. The molecule has 5 heteroatoms. The van der Waals surface area contributed by atoms with Gasteiger partial charge in [0, 0.05) is 24.2 Å². The highest BCUT2D eigenvalue weighted by Gasteiger charge is 2.06. The molecule has 0 bridgehead atoms. The topological polar surface area (TPSA) is 61.4 Å². The van der Waals surface area contributed by atoms with Crippen molar-refractivity contribution < 1.29 is 9.59 Å². The summed E-state index contributed by atoms with van der Waals surface area (Å²) in [5.74, 6) is -0.0645. The number of hydrogen-bond acceptors (Lipinski definition) is 3. The molecule has 0 spiro atoms. The molecule has 1 aromatic rings. The molecule has 0 unspecified atom stereocenters. The van der Waals surface area contributed by atoms with E-state index >= 15 is 0 Å². The number of carbonyl (C=O) groups excluding carboxylic acids is 2. The third-order valence-corrected chi connectivity index (χ3v) is 3.26. The molecular formula is C17H27N3O2. The van der Waals surface area contributed by atoms with Gasteiger partial charge in [0.05, 0.1) is 0 Å². The van der Waals surface area contributed by atoms with Crippen LogP contribution >= 0.6 is 0 Å². The van der Waals surface area contributed by atoms with E-state index in [-0.39, 0.29) is 11.8 Å². The number of rotatable bonds is 9. The third kappa shape index (κ3) is 7.22. The summed E-state index contributed by atoms with van der Waals surface area (Å²) in [6, 6.07) is 6.99. The Morgan fingerprint density at radius 2 is 1.77 bits per heavy atom. The lowest BCUT2D eigenvalue weighted by molar-refractivity contribution is -0.116. The molecular weight excluding hydrogens is 278 g/mol. The molecule has 1 rings (SSSR count). The van der Waals surface area contributed by atoms with Crippen molar-refractivity contribution in [2.24, 2.45) is 0 Å². The zero-order valence-electron chi connectivity index (χ0n) is 13.8. The van der Waals surface area contributed by atoms with Gasteiger partial charge in [-0.25, -0.2) is 0 Å². The fourth-order valence-electron chi connectivity index (χ4n) is 1.97. The second kappa shape index (κ2) is 9.95. The summed E-state index contributed by atoms with van der Waals surface area (Å²) in [4.78, 5) is 25.7. The Morgan fingerprint density at radius 1 is 1.09 bits per heavy atom. The van der Waals surface area contributed by atoms with Crippen LogP contribution in [-0.4, -0.2) is 43.9 Å². The number of carbonyl (C=O) groups is 2. The lowest BCUT2D eigenvalue weighted by Crippen LogP contribution is -2.27. The van der Waals surface area contributed by atoms with Crippen LogP contribution in [0.1, 0.15) is 43.0 Å². The van der Waals surface area contributed by atoms with Gasteiger partial charge in [-0.15, -0.1) is 0 Å². The first kappa shape index (κ1) is 18.2. The molecule has 1 aromatic carbocycles. The first-order valence-corrected chi connectivity index (χ1v) is 7.85. The Kier molecular flexibility index (Phi) is 8.22. The summed E-state index contributed by atoms with van der Waals surface area (Å²) in [6.45, 7) is 3.66. The van der Waals surface area contributed by atoms with Crippen molar-refractivity contribution in [3.63, 3.8) is 0 Å². The minimum absolute atomic E-state index is 0.0164. The number of anilines is 1. The number of unbranched alkanes of at least 4 members (excludes halogenated alkanes) is 1. The van der Waals surface area contributed by atoms with Crippen LogP contribution in [-0.2, 0) is 4.79 Å². The molecule has 22 heavy (non-hydrogen) atoms. The molecule has 2 N–H and O–H groups in total. The summed E-state index contributed by atoms with van der Waals surface area (Å²) in [7, 11) is 4.02. The highest BCUT2D eigenvalue weighted by atomic mass is 16.2. The second-order valence-electron chi connectivity index (χ2n) is 5.64. The van der Waals surface area contributed by atoms with E-state index in [0.29, 0.717) is 18.5 Å². The van der Waals surface area contributed by atoms with E-state index in [2.05, 4.69) is 22.5 Å². The van der Waals surface area contributed by atoms with Crippen molar-refractivity contribution in [1.29, 1.82) is 0 Å². The van der Waals surface area contributed by atoms with Crippen molar-refractivity contribution >= 4 is 17.5 Å². The van der Waals surface area contributed by atoms with Crippen LogP contribution in [0.5, 0.6) is 0 Å². The van der Waals surface area contributed by atoms with Crippen molar-refractivity contribution in [2.45, 2.75) is 32.6 Å². The number of nitrogens with zero attached hydrogens (tertiary/aromatic N) is 1. The molecule has 0 saturated carbocycles. The van der Waals surface area contributed by atoms with Gasteiger partial charge in [0.2, 0.25) is 5.91 Å². The van der Waals surface area contributed by atoms with E-state index in [4.69, 9.17) is 0 Å². The van der Waals surface area contributed by atoms with E-state index in [0.717, 1.165) is 31.5 Å². The van der Waals surface area contributed by atoms with E-state index in [9.17, 15) is 9.59 Å². The van der Waals surface area contributed by atoms with Crippen LogP contribution in [0.25, 0.3) is 0 Å². The molecule has 0 atom stereocenters. The minimum Gasteiger partial charge on any atom is -0.352 e. The predicted octanol–water partition coefficient (Wildman–Crippen LogP) is 2.50. The first-order valence-electron chi connectivity index (χ1n) is 7.85. The van der Waals surface area contributed by atoms with Crippen LogP contribution in [0.3, 0.4) is 0 Å². The summed E-state index contributed by atoms with van der Waals surface area (Å²) < 4.78 is 0. The zero-order valence-corrected chi connectivity index (χ0v) is 13.8. The SMILES string of the molecule is CCCCC(=O)Nc1ccc(C(=O)NCCCN(C)C)cc1. The maximum atomic E-state index is 12.0. The van der Waals surface area contributed by atoms with Crippen molar-refractivity contribution in [2.75, 3.05) is 32.5 Å². The normalized spacial score (nSPS) is 10.5. The van der Waals surface area contributed by atoms with E-state index in [1.54, 1.807) is 24.3 Å². The molecule has 0 saturated heterocycles. The number of benzene rings is 1. The molecule has 5 nitrogen and oxygen atoms in total. The lowest BCUT2D eigenvalue weighted by atomic mass is 10.2.